The van der Waals surface area contributed by atoms with E-state index in [1.807, 2.05) is 0 Å². The minimum Gasteiger partial charge on any atom is -0.387 e. The first-order valence-corrected chi connectivity index (χ1v) is 3.91. The molecular weight excluding hydrogens is 176 g/mol. The Kier molecular flexibility index (Phi) is 2.95. The lowest BCUT2D eigenvalue weighted by Gasteiger charge is -2.15. The van der Waals surface area contributed by atoms with E-state index in [4.69, 9.17) is 5.73 Å². The van der Waals surface area contributed by atoms with Gasteiger partial charge in [-0.25, -0.2) is 8.78 Å². The van der Waals surface area contributed by atoms with Gasteiger partial charge in [0.15, 0.2) is 0 Å². The first kappa shape index (κ1) is 10.1. The molecular formula is C9H11F2NO. The molecule has 0 amide bonds. The van der Waals surface area contributed by atoms with E-state index in [1.165, 1.54) is 6.92 Å². The number of hydrogen-bond donors (Lipinski definition) is 2. The molecule has 2 atom stereocenters. The third-order valence-electron chi connectivity index (χ3n) is 1.77. The standard InChI is InChI=1S/C9H11F2NO/c1-5(12)9(13)7-4-6(10)2-3-8(7)11/h2-5,9,13H,12H2,1H3/t5-,9+/m0/s1. The number of aliphatic hydroxyl groups is 1. The van der Waals surface area contributed by atoms with Crippen molar-refractivity contribution in [2.24, 2.45) is 5.73 Å². The van der Waals surface area contributed by atoms with Gasteiger partial charge < -0.3 is 10.8 Å². The highest BCUT2D eigenvalue weighted by atomic mass is 19.1. The van der Waals surface area contributed by atoms with Crippen LogP contribution in [0.5, 0.6) is 0 Å². The third kappa shape index (κ3) is 2.23. The first-order valence-electron chi connectivity index (χ1n) is 3.91. The fourth-order valence-electron chi connectivity index (χ4n) is 1.02. The molecule has 1 rings (SSSR count). The molecule has 0 radical (unpaired) electrons. The van der Waals surface area contributed by atoms with Gasteiger partial charge in [-0.2, -0.15) is 0 Å². The van der Waals surface area contributed by atoms with Crippen LogP contribution in [0.1, 0.15) is 18.6 Å². The number of hydrogen-bond acceptors (Lipinski definition) is 2. The zero-order valence-electron chi connectivity index (χ0n) is 7.17. The molecule has 0 bridgehead atoms. The van der Waals surface area contributed by atoms with Gasteiger partial charge in [0.05, 0.1) is 6.10 Å². The predicted molar refractivity (Wildman–Crippen MR) is 45.0 cm³/mol. The molecule has 0 heterocycles. The van der Waals surface area contributed by atoms with Crippen molar-refractivity contribution in [2.75, 3.05) is 0 Å². The molecule has 0 aliphatic carbocycles. The van der Waals surface area contributed by atoms with Crippen LogP contribution in [-0.2, 0) is 0 Å². The molecule has 0 saturated carbocycles. The highest BCUT2D eigenvalue weighted by molar-refractivity contribution is 5.21. The Bertz CT molecular complexity index is 302. The Morgan fingerprint density at radius 3 is 2.54 bits per heavy atom. The summed E-state index contributed by atoms with van der Waals surface area (Å²) in [7, 11) is 0. The number of rotatable bonds is 2. The van der Waals surface area contributed by atoms with Crippen molar-refractivity contribution < 1.29 is 13.9 Å². The van der Waals surface area contributed by atoms with Gasteiger partial charge in [0.2, 0.25) is 0 Å². The maximum Gasteiger partial charge on any atom is 0.129 e. The lowest BCUT2D eigenvalue weighted by molar-refractivity contribution is 0.148. The van der Waals surface area contributed by atoms with Crippen molar-refractivity contribution in [2.45, 2.75) is 19.1 Å². The fraction of sp³-hybridized carbons (Fsp3) is 0.333. The van der Waals surface area contributed by atoms with Gasteiger partial charge >= 0.3 is 0 Å². The maximum atomic E-state index is 13.0. The quantitative estimate of drug-likeness (QED) is 0.734. The molecule has 1 aromatic rings. The normalized spacial score (nSPS) is 15.5. The molecule has 0 unspecified atom stereocenters. The van der Waals surface area contributed by atoms with E-state index >= 15 is 0 Å². The number of halogens is 2. The number of benzene rings is 1. The summed E-state index contributed by atoms with van der Waals surface area (Å²) in [6.45, 7) is 1.52. The van der Waals surface area contributed by atoms with E-state index in [2.05, 4.69) is 0 Å². The molecule has 3 N–H and O–H groups in total. The number of nitrogens with two attached hydrogens (primary N) is 1. The summed E-state index contributed by atoms with van der Waals surface area (Å²) in [5.41, 5.74) is 5.25. The average Bonchev–Trinajstić information content (AvgIpc) is 2.08. The second-order valence-corrected chi connectivity index (χ2v) is 2.97. The molecule has 2 nitrogen and oxygen atoms in total. The van der Waals surface area contributed by atoms with E-state index in [9.17, 15) is 13.9 Å². The average molecular weight is 187 g/mol. The van der Waals surface area contributed by atoms with Crippen molar-refractivity contribution in [3.8, 4) is 0 Å². The van der Waals surface area contributed by atoms with Gasteiger partial charge in [-0.05, 0) is 25.1 Å². The minimum atomic E-state index is -1.17. The molecule has 0 spiro atoms. The third-order valence-corrected chi connectivity index (χ3v) is 1.77. The topological polar surface area (TPSA) is 46.2 Å². The van der Waals surface area contributed by atoms with E-state index in [-0.39, 0.29) is 5.56 Å². The van der Waals surface area contributed by atoms with Gasteiger partial charge in [0.25, 0.3) is 0 Å². The van der Waals surface area contributed by atoms with Crippen molar-refractivity contribution >= 4 is 0 Å². The minimum absolute atomic E-state index is 0.102. The highest BCUT2D eigenvalue weighted by Gasteiger charge is 2.17. The van der Waals surface area contributed by atoms with Crippen LogP contribution in [0.2, 0.25) is 0 Å². The lowest BCUT2D eigenvalue weighted by Crippen LogP contribution is -2.25. The van der Waals surface area contributed by atoms with Gasteiger partial charge in [-0.15, -0.1) is 0 Å². The van der Waals surface area contributed by atoms with Crippen LogP contribution >= 0.6 is 0 Å². The zero-order valence-corrected chi connectivity index (χ0v) is 7.17. The molecule has 0 fully saturated rings. The van der Waals surface area contributed by atoms with Crippen molar-refractivity contribution in [1.82, 2.24) is 0 Å². The van der Waals surface area contributed by atoms with Crippen LogP contribution in [0.4, 0.5) is 8.78 Å². The summed E-state index contributed by atoms with van der Waals surface area (Å²) >= 11 is 0. The van der Waals surface area contributed by atoms with E-state index in [0.717, 1.165) is 18.2 Å². The molecule has 0 aliphatic rings. The largest absolute Gasteiger partial charge is 0.387 e. The van der Waals surface area contributed by atoms with Crippen LogP contribution in [-0.4, -0.2) is 11.1 Å². The van der Waals surface area contributed by atoms with Crippen molar-refractivity contribution in [1.29, 1.82) is 0 Å². The van der Waals surface area contributed by atoms with Crippen LogP contribution < -0.4 is 5.73 Å². The second-order valence-electron chi connectivity index (χ2n) is 2.97. The molecule has 4 heteroatoms. The first-order chi connectivity index (χ1) is 6.02. The number of aliphatic hydroxyl groups excluding tert-OH is 1. The molecule has 0 aromatic heterocycles. The lowest BCUT2D eigenvalue weighted by atomic mass is 10.0. The van der Waals surface area contributed by atoms with E-state index in [0.29, 0.717) is 0 Å². The van der Waals surface area contributed by atoms with E-state index in [1.54, 1.807) is 0 Å². The van der Waals surface area contributed by atoms with Gasteiger partial charge in [0, 0.05) is 11.6 Å². The monoisotopic (exact) mass is 187 g/mol. The summed E-state index contributed by atoms with van der Waals surface area (Å²) in [5, 5.41) is 9.37. The Morgan fingerprint density at radius 1 is 1.38 bits per heavy atom. The molecule has 0 saturated heterocycles. The summed E-state index contributed by atoms with van der Waals surface area (Å²) in [4.78, 5) is 0. The second kappa shape index (κ2) is 3.81. The van der Waals surface area contributed by atoms with Crippen molar-refractivity contribution in [3.05, 3.63) is 35.4 Å². The van der Waals surface area contributed by atoms with Gasteiger partial charge in [-0.3, -0.25) is 0 Å². The fourth-order valence-corrected chi connectivity index (χ4v) is 1.02. The smallest absolute Gasteiger partial charge is 0.129 e. The molecule has 1 aromatic carbocycles. The van der Waals surface area contributed by atoms with Crippen LogP contribution in [0.3, 0.4) is 0 Å². The Balaban J connectivity index is 3.05. The molecule has 13 heavy (non-hydrogen) atoms. The van der Waals surface area contributed by atoms with Crippen LogP contribution in [0.15, 0.2) is 18.2 Å². The van der Waals surface area contributed by atoms with Crippen LogP contribution in [0.25, 0.3) is 0 Å². The molecule has 72 valence electrons. The summed E-state index contributed by atoms with van der Waals surface area (Å²) in [5.74, 6) is -1.23. The van der Waals surface area contributed by atoms with Crippen LogP contribution in [0, 0.1) is 11.6 Å². The maximum absolute atomic E-state index is 13.0. The zero-order chi connectivity index (χ0) is 10.0. The highest BCUT2D eigenvalue weighted by Crippen LogP contribution is 2.19. The van der Waals surface area contributed by atoms with Gasteiger partial charge in [0.1, 0.15) is 11.6 Å². The Morgan fingerprint density at radius 2 is 2.00 bits per heavy atom. The SMILES string of the molecule is C[C@H](N)[C@@H](O)c1cc(F)ccc1F. The van der Waals surface area contributed by atoms with Crippen molar-refractivity contribution in [3.63, 3.8) is 0 Å². The summed E-state index contributed by atoms with van der Waals surface area (Å²) in [6.07, 6.45) is -1.17. The summed E-state index contributed by atoms with van der Waals surface area (Å²) in [6, 6.07) is 2.28. The summed E-state index contributed by atoms with van der Waals surface area (Å²) < 4.78 is 25.7. The Hall–Kier alpha value is -1.00. The van der Waals surface area contributed by atoms with Gasteiger partial charge in [-0.1, -0.05) is 0 Å². The predicted octanol–water partition coefficient (Wildman–Crippen LogP) is 1.35. The Labute approximate surface area is 75.0 Å². The molecule has 0 aliphatic heterocycles. The van der Waals surface area contributed by atoms with E-state index < -0.39 is 23.8 Å².